The summed E-state index contributed by atoms with van der Waals surface area (Å²) in [5, 5.41) is 10.5. The number of hydrogen-bond acceptors (Lipinski definition) is 8. The molecule has 1 aromatic carbocycles. The number of fused-ring (bicyclic) bond motifs is 5. The van der Waals surface area contributed by atoms with Crippen LogP contribution in [0.3, 0.4) is 0 Å². The van der Waals surface area contributed by atoms with Crippen molar-refractivity contribution in [2.24, 2.45) is 0 Å². The van der Waals surface area contributed by atoms with Crippen molar-refractivity contribution in [3.05, 3.63) is 53.4 Å². The van der Waals surface area contributed by atoms with Crippen LogP contribution >= 0.6 is 0 Å². The zero-order valence-electron chi connectivity index (χ0n) is 22.0. The molecule has 2 aromatic heterocycles. The molecule has 39 heavy (non-hydrogen) atoms. The fourth-order valence-corrected chi connectivity index (χ4v) is 3.95. The topological polar surface area (TPSA) is 109 Å². The summed E-state index contributed by atoms with van der Waals surface area (Å²) < 4.78 is 64.6. The molecule has 1 N–H and O–H groups in total. The van der Waals surface area contributed by atoms with E-state index < -0.39 is 35.4 Å². The second kappa shape index (κ2) is 12.0. The van der Waals surface area contributed by atoms with Crippen molar-refractivity contribution in [3.8, 4) is 17.5 Å². The molecule has 1 amide bonds. The highest BCUT2D eigenvalue weighted by molar-refractivity contribution is 5.89. The highest BCUT2D eigenvalue weighted by Crippen LogP contribution is 2.41. The Morgan fingerprint density at radius 2 is 1.82 bits per heavy atom. The summed E-state index contributed by atoms with van der Waals surface area (Å²) in [6.45, 7) is 5.25. The standard InChI is InChI=1S/C27H31F3N4O5/c1-26(2,3)39-25(35)31-19-15-18(27(28,29)30)22-32-21(19)24-34-33-23(38-24)20(13-9-4-5-10-14-36-22)37-16-17-11-7-6-8-12-17/h6-8,11-12,15,20H,4-5,9-10,13-14,16H2,1-3H3,(H,31,35)/t20-/m1/s1. The lowest BCUT2D eigenvalue weighted by Crippen LogP contribution is -2.27. The van der Waals surface area contributed by atoms with Crippen LogP contribution < -0.4 is 10.1 Å². The molecule has 210 valence electrons. The van der Waals surface area contributed by atoms with Crippen molar-refractivity contribution < 1.29 is 36.6 Å². The van der Waals surface area contributed by atoms with E-state index in [0.29, 0.717) is 19.4 Å². The van der Waals surface area contributed by atoms with Gasteiger partial charge in [-0.2, -0.15) is 13.2 Å². The summed E-state index contributed by atoms with van der Waals surface area (Å²) >= 11 is 0. The molecule has 3 heterocycles. The summed E-state index contributed by atoms with van der Waals surface area (Å²) in [6.07, 6.45) is -2.82. The maximum Gasteiger partial charge on any atom is 0.421 e. The van der Waals surface area contributed by atoms with E-state index in [1.54, 1.807) is 20.8 Å². The number of benzene rings is 1. The second-order valence-electron chi connectivity index (χ2n) is 10.1. The zero-order chi connectivity index (χ0) is 28.0. The van der Waals surface area contributed by atoms with Gasteiger partial charge in [-0.1, -0.05) is 49.6 Å². The van der Waals surface area contributed by atoms with E-state index in [2.05, 4.69) is 20.5 Å². The molecule has 0 spiro atoms. The fraction of sp³-hybridized carbons (Fsp3) is 0.481. The molecule has 1 aliphatic heterocycles. The van der Waals surface area contributed by atoms with Gasteiger partial charge in [-0.15, -0.1) is 10.2 Å². The Morgan fingerprint density at radius 1 is 1.08 bits per heavy atom. The van der Waals surface area contributed by atoms with E-state index in [4.69, 9.17) is 18.6 Å². The molecule has 4 rings (SSSR count). The lowest BCUT2D eigenvalue weighted by Gasteiger charge is -2.21. The Kier molecular flexibility index (Phi) is 8.73. The number of pyridine rings is 1. The minimum absolute atomic E-state index is 0.0391. The van der Waals surface area contributed by atoms with E-state index >= 15 is 0 Å². The minimum Gasteiger partial charge on any atom is -0.477 e. The number of amides is 1. The first kappa shape index (κ1) is 28.3. The predicted molar refractivity (Wildman–Crippen MR) is 135 cm³/mol. The van der Waals surface area contributed by atoms with Gasteiger partial charge in [-0.3, -0.25) is 5.32 Å². The number of carbonyl (C=O) groups excluding carboxylic acids is 1. The monoisotopic (exact) mass is 548 g/mol. The molecule has 0 fully saturated rings. The van der Waals surface area contributed by atoms with Crippen molar-refractivity contribution in [1.29, 1.82) is 0 Å². The lowest BCUT2D eigenvalue weighted by atomic mass is 10.1. The van der Waals surface area contributed by atoms with Gasteiger partial charge >= 0.3 is 12.3 Å². The maximum atomic E-state index is 14.0. The Balaban J connectivity index is 1.73. The van der Waals surface area contributed by atoms with Crippen LogP contribution in [0, 0.1) is 0 Å². The van der Waals surface area contributed by atoms with Crippen LogP contribution in [0.4, 0.5) is 23.7 Å². The molecule has 1 aliphatic rings. The van der Waals surface area contributed by atoms with E-state index in [1.165, 1.54) is 0 Å². The van der Waals surface area contributed by atoms with Crippen LogP contribution in [0.2, 0.25) is 0 Å². The number of nitrogens with one attached hydrogen (secondary N) is 1. The average molecular weight is 549 g/mol. The molecule has 9 nitrogen and oxygen atoms in total. The molecule has 0 saturated carbocycles. The van der Waals surface area contributed by atoms with Crippen molar-refractivity contribution >= 4 is 11.8 Å². The Labute approximate surface area is 224 Å². The molecule has 3 aromatic rings. The van der Waals surface area contributed by atoms with Gasteiger partial charge in [0.25, 0.3) is 5.89 Å². The van der Waals surface area contributed by atoms with E-state index in [1.807, 2.05) is 30.3 Å². The van der Waals surface area contributed by atoms with Crippen LogP contribution in [0.25, 0.3) is 11.6 Å². The van der Waals surface area contributed by atoms with Crippen molar-refractivity contribution in [3.63, 3.8) is 0 Å². The largest absolute Gasteiger partial charge is 0.477 e. The molecule has 1 atom stereocenters. The fourth-order valence-electron chi connectivity index (χ4n) is 3.95. The quantitative estimate of drug-likeness (QED) is 0.368. The summed E-state index contributed by atoms with van der Waals surface area (Å²) in [7, 11) is 0. The highest BCUT2D eigenvalue weighted by atomic mass is 19.4. The Morgan fingerprint density at radius 3 is 2.54 bits per heavy atom. The number of hydrogen-bond donors (Lipinski definition) is 1. The molecular weight excluding hydrogens is 517 g/mol. The van der Waals surface area contributed by atoms with Gasteiger partial charge < -0.3 is 18.6 Å². The number of ether oxygens (including phenoxy) is 3. The molecule has 0 radical (unpaired) electrons. The minimum atomic E-state index is -4.80. The number of alkyl halides is 3. The van der Waals surface area contributed by atoms with E-state index in [-0.39, 0.29) is 29.8 Å². The number of anilines is 1. The van der Waals surface area contributed by atoms with Gasteiger partial charge in [0.2, 0.25) is 11.8 Å². The first-order chi connectivity index (χ1) is 18.5. The second-order valence-corrected chi connectivity index (χ2v) is 10.1. The highest BCUT2D eigenvalue weighted by Gasteiger charge is 2.38. The van der Waals surface area contributed by atoms with Crippen LogP contribution in [-0.4, -0.2) is 33.5 Å². The molecule has 12 heteroatoms. The molecule has 0 unspecified atom stereocenters. The van der Waals surface area contributed by atoms with Crippen molar-refractivity contribution in [1.82, 2.24) is 15.2 Å². The SMILES string of the molecule is CC(C)(C)OC(=O)Nc1cc(C(F)(F)F)c2nc1-c1nnc(o1)[C@H](OCc1ccccc1)CCCCCCO2. The van der Waals surface area contributed by atoms with E-state index in [9.17, 15) is 18.0 Å². The summed E-state index contributed by atoms with van der Waals surface area (Å²) in [5.74, 6) is -0.675. The van der Waals surface area contributed by atoms with Crippen LogP contribution in [0.1, 0.15) is 76.0 Å². The van der Waals surface area contributed by atoms with Gasteiger partial charge in [-0.05, 0) is 45.2 Å². The van der Waals surface area contributed by atoms with Gasteiger partial charge in [0.15, 0.2) is 5.69 Å². The molecule has 0 saturated heterocycles. The van der Waals surface area contributed by atoms with Crippen LogP contribution in [0.5, 0.6) is 5.88 Å². The first-order valence-electron chi connectivity index (χ1n) is 12.7. The van der Waals surface area contributed by atoms with Gasteiger partial charge in [-0.25, -0.2) is 9.78 Å². The van der Waals surface area contributed by atoms with Crippen molar-refractivity contribution in [2.45, 2.75) is 77.4 Å². The number of nitrogens with zero attached hydrogens (tertiary/aromatic N) is 3. The summed E-state index contributed by atoms with van der Waals surface area (Å²) in [4.78, 5) is 16.6. The maximum absolute atomic E-state index is 14.0. The van der Waals surface area contributed by atoms with Crippen LogP contribution in [0.15, 0.2) is 40.8 Å². The lowest BCUT2D eigenvalue weighted by molar-refractivity contribution is -0.139. The third-order valence-electron chi connectivity index (χ3n) is 5.74. The molecule has 4 bridgehead atoms. The number of rotatable bonds is 4. The Hall–Kier alpha value is -3.67. The van der Waals surface area contributed by atoms with Gasteiger partial charge in [0.05, 0.1) is 18.9 Å². The van der Waals surface area contributed by atoms with Gasteiger partial charge in [0.1, 0.15) is 17.3 Å². The normalized spacial score (nSPS) is 16.6. The average Bonchev–Trinajstić information content (AvgIpc) is 3.34. The number of carbonyl (C=O) groups is 1. The van der Waals surface area contributed by atoms with Crippen LogP contribution in [-0.2, 0) is 22.3 Å². The third-order valence-corrected chi connectivity index (χ3v) is 5.74. The third kappa shape index (κ3) is 7.92. The van der Waals surface area contributed by atoms with Gasteiger partial charge in [0, 0.05) is 0 Å². The number of halogens is 3. The summed E-state index contributed by atoms with van der Waals surface area (Å²) in [6, 6.07) is 10.3. The molecular formula is C27H31F3N4O5. The van der Waals surface area contributed by atoms with E-state index in [0.717, 1.165) is 30.9 Å². The summed E-state index contributed by atoms with van der Waals surface area (Å²) in [5.41, 5.74) is -1.56. The zero-order valence-corrected chi connectivity index (χ0v) is 22.0. The smallest absolute Gasteiger partial charge is 0.421 e. The first-order valence-corrected chi connectivity index (χ1v) is 12.7. The predicted octanol–water partition coefficient (Wildman–Crippen LogP) is 7.10. The number of aromatic nitrogens is 3. The van der Waals surface area contributed by atoms with Crippen molar-refractivity contribution in [2.75, 3.05) is 11.9 Å². The Bertz CT molecular complexity index is 1260. The molecule has 0 aliphatic carbocycles.